The summed E-state index contributed by atoms with van der Waals surface area (Å²) in [5, 5.41) is 7.28. The van der Waals surface area contributed by atoms with Gasteiger partial charge in [-0.3, -0.25) is 9.78 Å². The lowest BCUT2D eigenvalue weighted by atomic mass is 10.1. The Morgan fingerprint density at radius 2 is 2.08 bits per heavy atom. The lowest BCUT2D eigenvalue weighted by molar-refractivity contribution is -0.118. The quantitative estimate of drug-likeness (QED) is 0.317. The molecule has 0 aliphatic carbocycles. The molecule has 7 heteroatoms. The molecule has 0 radical (unpaired) electrons. The number of Topliss-reactive ketones (excluding diaryl/α,β-unsaturated/α-hetero) is 1. The number of nitrogens with one attached hydrogen (secondary N) is 1. The van der Waals surface area contributed by atoms with E-state index in [1.54, 1.807) is 13.1 Å². The van der Waals surface area contributed by atoms with E-state index in [0.29, 0.717) is 18.5 Å². The minimum atomic E-state index is -0.770. The molecule has 1 N–H and O–H groups in total. The molecule has 0 spiro atoms. The molecule has 0 aliphatic heterocycles. The Hall–Kier alpha value is -2.92. The topological polar surface area (TPSA) is 108 Å². The van der Waals surface area contributed by atoms with Gasteiger partial charge in [-0.25, -0.2) is 0 Å². The maximum absolute atomic E-state index is 12.4. The summed E-state index contributed by atoms with van der Waals surface area (Å²) in [6, 6.07) is 8.67. The van der Waals surface area contributed by atoms with Crippen LogP contribution in [0.2, 0.25) is 0 Å². The highest BCUT2D eigenvalue weighted by molar-refractivity contribution is 5.96. The molecule has 0 unspecified atom stereocenters. The lowest BCUT2D eigenvalue weighted by Crippen LogP contribution is -2.26. The van der Waals surface area contributed by atoms with Crippen LogP contribution in [0.5, 0.6) is 0 Å². The van der Waals surface area contributed by atoms with E-state index in [2.05, 4.69) is 20.3 Å². The maximum Gasteiger partial charge on any atom is 0.233 e. The number of carbonyl (C=O) groups is 2. The molecule has 7 nitrogen and oxygen atoms in total. The zero-order chi connectivity index (χ0) is 18.1. The average Bonchev–Trinajstić information content (AvgIpc) is 2.60. The van der Waals surface area contributed by atoms with Gasteiger partial charge < -0.3 is 10.1 Å². The van der Waals surface area contributed by atoms with Gasteiger partial charge in [-0.05, 0) is 37.4 Å². The summed E-state index contributed by atoms with van der Waals surface area (Å²) < 4.78 is 0. The molecule has 0 fully saturated rings. The summed E-state index contributed by atoms with van der Waals surface area (Å²) in [5.74, 6) is -0.186. The number of unbranched alkanes of at least 4 members (excludes halogenated alkanes) is 2. The van der Waals surface area contributed by atoms with Gasteiger partial charge in [0.1, 0.15) is 11.8 Å². The fourth-order valence-electron chi connectivity index (χ4n) is 2.56. The van der Waals surface area contributed by atoms with Crippen molar-refractivity contribution in [1.82, 2.24) is 4.98 Å². The van der Waals surface area contributed by atoms with Crippen LogP contribution in [-0.2, 0) is 9.59 Å². The first kappa shape index (κ1) is 18.4. The van der Waals surface area contributed by atoms with Gasteiger partial charge in [-0.15, -0.1) is 0 Å². The summed E-state index contributed by atoms with van der Waals surface area (Å²) >= 11 is 0. The minimum absolute atomic E-state index is 0.160. The van der Waals surface area contributed by atoms with Crippen molar-refractivity contribution >= 4 is 28.3 Å². The van der Waals surface area contributed by atoms with Crippen LogP contribution < -0.4 is 5.32 Å². The number of hydrogen-bond donors (Lipinski definition) is 1. The molecule has 0 bridgehead atoms. The van der Waals surface area contributed by atoms with E-state index < -0.39 is 6.04 Å². The highest BCUT2D eigenvalue weighted by Gasteiger charge is 2.17. The summed E-state index contributed by atoms with van der Waals surface area (Å²) in [6.07, 6.45) is 4.91. The van der Waals surface area contributed by atoms with Gasteiger partial charge in [0.25, 0.3) is 0 Å². The first-order valence-corrected chi connectivity index (χ1v) is 8.29. The van der Waals surface area contributed by atoms with Crippen molar-refractivity contribution in [3.05, 3.63) is 47.0 Å². The summed E-state index contributed by atoms with van der Waals surface area (Å²) in [4.78, 5) is 30.3. The van der Waals surface area contributed by atoms with Crippen molar-refractivity contribution in [3.8, 4) is 0 Å². The highest BCUT2D eigenvalue weighted by atomic mass is 16.2. The highest BCUT2D eigenvalue weighted by Crippen LogP contribution is 2.17. The van der Waals surface area contributed by atoms with Gasteiger partial charge in [-0.2, -0.15) is 0 Å². The van der Waals surface area contributed by atoms with E-state index in [-0.39, 0.29) is 11.7 Å². The molecule has 0 aliphatic rings. The van der Waals surface area contributed by atoms with Crippen LogP contribution in [0, 0.1) is 0 Å². The average molecular weight is 339 g/mol. The van der Waals surface area contributed by atoms with Crippen molar-refractivity contribution in [2.24, 2.45) is 5.11 Å². The molecule has 25 heavy (non-hydrogen) atoms. The zero-order valence-corrected chi connectivity index (χ0v) is 14.2. The monoisotopic (exact) mass is 339 g/mol. The summed E-state index contributed by atoms with van der Waals surface area (Å²) in [5.41, 5.74) is 10.1. The zero-order valence-electron chi connectivity index (χ0n) is 14.2. The second-order valence-corrected chi connectivity index (χ2v) is 5.93. The molecule has 1 aromatic heterocycles. The number of fused-ring (bicyclic) bond motifs is 1. The Labute approximate surface area is 146 Å². The molecule has 0 saturated carbocycles. The predicted octanol–water partition coefficient (Wildman–Crippen LogP) is 4.39. The number of anilines is 1. The minimum Gasteiger partial charge on any atom is -0.324 e. The van der Waals surface area contributed by atoms with Gasteiger partial charge in [0.05, 0.1) is 17.4 Å². The summed E-state index contributed by atoms with van der Waals surface area (Å²) in [6.45, 7) is 1.56. The second kappa shape index (κ2) is 9.39. The molecular weight excluding hydrogens is 318 g/mol. The van der Waals surface area contributed by atoms with Crippen molar-refractivity contribution < 1.29 is 9.59 Å². The number of aromatic nitrogens is 1. The molecular formula is C18H21N5O2. The van der Waals surface area contributed by atoms with E-state index in [1.165, 1.54) is 0 Å². The van der Waals surface area contributed by atoms with Crippen LogP contribution in [0.1, 0.15) is 39.0 Å². The van der Waals surface area contributed by atoms with E-state index >= 15 is 0 Å². The number of hydrogen-bond acceptors (Lipinski definition) is 4. The van der Waals surface area contributed by atoms with Crippen molar-refractivity contribution in [2.75, 3.05) is 5.32 Å². The van der Waals surface area contributed by atoms with Crippen LogP contribution >= 0.6 is 0 Å². The Morgan fingerprint density at radius 1 is 1.28 bits per heavy atom. The molecule has 130 valence electrons. The molecule has 2 rings (SSSR count). The number of benzene rings is 1. The van der Waals surface area contributed by atoms with Gasteiger partial charge in [0.2, 0.25) is 5.91 Å². The maximum atomic E-state index is 12.4. The third-order valence-electron chi connectivity index (χ3n) is 3.86. The number of azide groups is 1. The van der Waals surface area contributed by atoms with Gasteiger partial charge in [0.15, 0.2) is 0 Å². The smallest absolute Gasteiger partial charge is 0.233 e. The van der Waals surface area contributed by atoms with Gasteiger partial charge in [-0.1, -0.05) is 36.2 Å². The van der Waals surface area contributed by atoms with Gasteiger partial charge >= 0.3 is 0 Å². The molecule has 0 saturated heterocycles. The molecule has 1 heterocycles. The van der Waals surface area contributed by atoms with Crippen molar-refractivity contribution in [3.63, 3.8) is 0 Å². The second-order valence-electron chi connectivity index (χ2n) is 5.93. The number of rotatable bonds is 9. The van der Waals surface area contributed by atoms with Gasteiger partial charge in [0, 0.05) is 16.7 Å². The predicted molar refractivity (Wildman–Crippen MR) is 97.1 cm³/mol. The molecule has 1 aromatic carbocycles. The number of amides is 1. The summed E-state index contributed by atoms with van der Waals surface area (Å²) in [7, 11) is 0. The van der Waals surface area contributed by atoms with Crippen molar-refractivity contribution in [1.29, 1.82) is 0 Å². The van der Waals surface area contributed by atoms with Crippen LogP contribution in [0.3, 0.4) is 0 Å². The Morgan fingerprint density at radius 3 is 2.84 bits per heavy atom. The van der Waals surface area contributed by atoms with Crippen molar-refractivity contribution in [2.45, 2.75) is 45.1 Å². The van der Waals surface area contributed by atoms with E-state index in [9.17, 15) is 9.59 Å². The number of carbonyl (C=O) groups excluding carboxylic acids is 2. The van der Waals surface area contributed by atoms with Crippen LogP contribution in [0.25, 0.3) is 21.3 Å². The number of pyridine rings is 1. The fourth-order valence-corrected chi connectivity index (χ4v) is 2.56. The van der Waals surface area contributed by atoms with Crippen LogP contribution in [0.4, 0.5) is 5.69 Å². The van der Waals surface area contributed by atoms with E-state index in [0.717, 1.165) is 30.2 Å². The largest absolute Gasteiger partial charge is 0.324 e. The third-order valence-corrected chi connectivity index (χ3v) is 3.86. The first-order valence-electron chi connectivity index (χ1n) is 8.29. The normalized spacial score (nSPS) is 11.6. The Balaban J connectivity index is 1.94. The Kier molecular flexibility index (Phi) is 6.92. The third kappa shape index (κ3) is 5.90. The fraction of sp³-hybridized carbons (Fsp3) is 0.389. The number of nitrogens with zero attached hydrogens (tertiary/aromatic N) is 4. The SMILES string of the molecule is CC(=O)CCCCC[C@H](N=[N+]=[N-])C(=O)Nc1cnc2ccccc2c1. The molecule has 1 amide bonds. The van der Waals surface area contributed by atoms with E-state index in [1.807, 2.05) is 30.3 Å². The van der Waals surface area contributed by atoms with Crippen LogP contribution in [0.15, 0.2) is 41.6 Å². The first-order chi connectivity index (χ1) is 12.1. The molecule has 1 atom stereocenters. The van der Waals surface area contributed by atoms with E-state index in [4.69, 9.17) is 5.53 Å². The standard InChI is InChI=1S/C18H21N5O2/c1-13(24)7-3-2-4-10-17(22-23-19)18(25)21-15-11-14-8-5-6-9-16(14)20-12-15/h5-6,8-9,11-12,17H,2-4,7,10H2,1H3,(H,21,25)/t17-/m0/s1. The number of para-hydroxylation sites is 1. The van der Waals surface area contributed by atoms with Crippen LogP contribution in [-0.4, -0.2) is 22.7 Å². The Bertz CT molecular complexity index is 799. The number of ketones is 1. The lowest BCUT2D eigenvalue weighted by Gasteiger charge is -2.12. The molecule has 2 aromatic rings.